The molecule has 0 N–H and O–H groups in total. The van der Waals surface area contributed by atoms with E-state index >= 15 is 0 Å². The Morgan fingerprint density at radius 2 is 1.85 bits per heavy atom. The van der Waals surface area contributed by atoms with Crippen molar-refractivity contribution in [2.75, 3.05) is 0 Å². The smallest absolute Gasteiger partial charge is 0.414 e. The third-order valence-corrected chi connectivity index (χ3v) is 3.17. The molecule has 0 aromatic heterocycles. The third-order valence-electron chi connectivity index (χ3n) is 1.97. The van der Waals surface area contributed by atoms with Crippen LogP contribution in [0.3, 0.4) is 0 Å². The van der Waals surface area contributed by atoms with Gasteiger partial charge in [0.05, 0.1) is 5.76 Å². The van der Waals surface area contributed by atoms with Gasteiger partial charge < -0.3 is 13.6 Å². The quantitative estimate of drug-likeness (QED) is 0.503. The van der Waals surface area contributed by atoms with Gasteiger partial charge in [0.25, 0.3) is 0 Å². The lowest BCUT2D eigenvalue weighted by Crippen LogP contribution is -1.94. The number of hydrogen-bond acceptors (Lipinski definition) is 3. The molecule has 0 saturated heterocycles. The highest BCUT2D eigenvalue weighted by molar-refractivity contribution is 7.42. The molecule has 1 aliphatic heterocycles. The van der Waals surface area contributed by atoms with Gasteiger partial charge in [-0.05, 0) is 19.8 Å². The van der Waals surface area contributed by atoms with Crippen molar-refractivity contribution < 1.29 is 13.6 Å². The van der Waals surface area contributed by atoms with E-state index in [-0.39, 0.29) is 0 Å². The van der Waals surface area contributed by atoms with Crippen LogP contribution in [0.15, 0.2) is 23.9 Å². The van der Waals surface area contributed by atoms with Gasteiger partial charge in [-0.3, -0.25) is 0 Å². The van der Waals surface area contributed by atoms with Crippen LogP contribution < -0.4 is 0 Å². The fourth-order valence-electron chi connectivity index (χ4n) is 1.41. The zero-order chi connectivity index (χ0) is 9.26. The average molecular weight is 200 g/mol. The Bertz CT molecular complexity index is 242. The lowest BCUT2D eigenvalue weighted by molar-refractivity contribution is 0.304. The van der Waals surface area contributed by atoms with Crippen LogP contribution in [-0.2, 0) is 13.6 Å². The first-order valence-corrected chi connectivity index (χ1v) is 5.57. The first kappa shape index (κ1) is 8.89. The van der Waals surface area contributed by atoms with Gasteiger partial charge in [0.2, 0.25) is 0 Å². The van der Waals surface area contributed by atoms with Gasteiger partial charge in [0, 0.05) is 12.8 Å². The minimum atomic E-state index is -1.21. The maximum Gasteiger partial charge on any atom is 0.529 e. The summed E-state index contributed by atoms with van der Waals surface area (Å²) in [5.41, 5.74) is 0. The summed E-state index contributed by atoms with van der Waals surface area (Å²) in [6, 6.07) is 0. The van der Waals surface area contributed by atoms with Crippen LogP contribution in [0.25, 0.3) is 0 Å². The van der Waals surface area contributed by atoms with Gasteiger partial charge in [-0.25, -0.2) is 0 Å². The van der Waals surface area contributed by atoms with Crippen LogP contribution in [0.5, 0.6) is 0 Å². The molecule has 3 nitrogen and oxygen atoms in total. The van der Waals surface area contributed by atoms with Crippen LogP contribution in [0, 0.1) is 0 Å². The summed E-state index contributed by atoms with van der Waals surface area (Å²) in [6.07, 6.45) is 4.37. The Hall–Kier alpha value is -0.690. The van der Waals surface area contributed by atoms with Crippen molar-refractivity contribution in [2.45, 2.75) is 32.6 Å². The summed E-state index contributed by atoms with van der Waals surface area (Å²) < 4.78 is 16.3. The molecule has 0 amide bonds. The molecule has 0 aromatic rings. The largest absolute Gasteiger partial charge is 0.529 e. The van der Waals surface area contributed by atoms with Gasteiger partial charge in [-0.2, -0.15) is 0 Å². The predicted octanol–water partition coefficient (Wildman–Crippen LogP) is 3.60. The molecule has 1 aliphatic carbocycles. The Morgan fingerprint density at radius 3 is 2.31 bits per heavy atom. The normalized spacial score (nSPS) is 21.9. The van der Waals surface area contributed by atoms with E-state index in [1.807, 2.05) is 0 Å². The molecule has 0 aromatic carbocycles. The summed E-state index contributed by atoms with van der Waals surface area (Å²) >= 11 is 0. The molecule has 0 radical (unpaired) electrons. The third kappa shape index (κ3) is 1.97. The molecule has 4 heteroatoms. The maximum atomic E-state index is 5.52. The van der Waals surface area contributed by atoms with Gasteiger partial charge in [-0.1, -0.05) is 6.58 Å². The fraction of sp³-hybridized carbons (Fsp3) is 0.556. The predicted molar refractivity (Wildman–Crippen MR) is 50.5 cm³/mol. The Labute approximate surface area is 79.4 Å². The fourth-order valence-corrected chi connectivity index (χ4v) is 2.52. The molecule has 0 bridgehead atoms. The monoisotopic (exact) mass is 200 g/mol. The molecule has 0 spiro atoms. The van der Waals surface area contributed by atoms with Gasteiger partial charge in [-0.15, -0.1) is 0 Å². The van der Waals surface area contributed by atoms with Crippen LogP contribution in [0.2, 0.25) is 0 Å². The topological polar surface area (TPSA) is 27.7 Å². The van der Waals surface area contributed by atoms with E-state index in [1.165, 1.54) is 12.8 Å². The minimum absolute atomic E-state index is 0.644. The van der Waals surface area contributed by atoms with E-state index in [1.54, 1.807) is 6.92 Å². The maximum absolute atomic E-state index is 5.52. The average Bonchev–Trinajstić information content (AvgIpc) is 2.44. The summed E-state index contributed by atoms with van der Waals surface area (Å²) in [4.78, 5) is 0. The van der Waals surface area contributed by atoms with E-state index < -0.39 is 8.60 Å². The molecule has 1 heterocycles. The highest BCUT2D eigenvalue weighted by atomic mass is 31.2. The van der Waals surface area contributed by atoms with E-state index in [0.29, 0.717) is 5.76 Å². The molecule has 0 unspecified atom stereocenters. The molecule has 0 fully saturated rings. The van der Waals surface area contributed by atoms with Crippen LogP contribution in [-0.4, -0.2) is 0 Å². The number of rotatable bonds is 2. The van der Waals surface area contributed by atoms with Crippen LogP contribution in [0.1, 0.15) is 32.6 Å². The zero-order valence-corrected chi connectivity index (χ0v) is 8.60. The molecule has 2 aliphatic rings. The van der Waals surface area contributed by atoms with Crippen molar-refractivity contribution in [1.29, 1.82) is 0 Å². The Balaban J connectivity index is 1.94. The van der Waals surface area contributed by atoms with Crippen molar-refractivity contribution in [3.63, 3.8) is 0 Å². The summed E-state index contributed by atoms with van der Waals surface area (Å²) in [7, 11) is -1.21. The standard InChI is InChI=1S/C9H13O3P/c1-7(2)10-13-11-8-5-3-4-6-9(8)12-13/h1,3-6H2,2H3. The summed E-state index contributed by atoms with van der Waals surface area (Å²) in [5, 5.41) is 0. The highest BCUT2D eigenvalue weighted by Gasteiger charge is 2.33. The number of hydrogen-bond donors (Lipinski definition) is 0. The second kappa shape index (κ2) is 3.59. The molecule has 13 heavy (non-hydrogen) atoms. The highest BCUT2D eigenvalue weighted by Crippen LogP contribution is 2.55. The van der Waals surface area contributed by atoms with Gasteiger partial charge in [0.1, 0.15) is 11.5 Å². The van der Waals surface area contributed by atoms with E-state index in [9.17, 15) is 0 Å². The van der Waals surface area contributed by atoms with Crippen molar-refractivity contribution in [3.8, 4) is 0 Å². The van der Waals surface area contributed by atoms with Gasteiger partial charge in [0.15, 0.2) is 0 Å². The van der Waals surface area contributed by atoms with Crippen molar-refractivity contribution >= 4 is 8.60 Å². The Morgan fingerprint density at radius 1 is 1.31 bits per heavy atom. The Kier molecular flexibility index (Phi) is 2.45. The second-order valence-electron chi connectivity index (χ2n) is 3.25. The second-order valence-corrected chi connectivity index (χ2v) is 4.25. The van der Waals surface area contributed by atoms with Crippen LogP contribution in [0.4, 0.5) is 0 Å². The lowest BCUT2D eigenvalue weighted by atomic mass is 10.1. The molecule has 72 valence electrons. The van der Waals surface area contributed by atoms with E-state index in [0.717, 1.165) is 24.4 Å². The van der Waals surface area contributed by atoms with E-state index in [2.05, 4.69) is 6.58 Å². The SMILES string of the molecule is C=C(C)OP1OC2=C(CCCC2)O1. The van der Waals surface area contributed by atoms with E-state index in [4.69, 9.17) is 13.6 Å². The molecular weight excluding hydrogens is 187 g/mol. The molecule has 0 atom stereocenters. The first-order chi connectivity index (χ1) is 6.25. The molecule has 2 rings (SSSR count). The first-order valence-electron chi connectivity index (χ1n) is 4.47. The van der Waals surface area contributed by atoms with Crippen molar-refractivity contribution in [2.24, 2.45) is 0 Å². The van der Waals surface area contributed by atoms with Crippen LogP contribution >= 0.6 is 8.60 Å². The zero-order valence-electron chi connectivity index (χ0n) is 7.71. The summed E-state index contributed by atoms with van der Waals surface area (Å²) in [5.74, 6) is 2.64. The number of allylic oxidation sites excluding steroid dienone is 3. The molecule has 0 saturated carbocycles. The van der Waals surface area contributed by atoms with Gasteiger partial charge >= 0.3 is 8.60 Å². The van der Waals surface area contributed by atoms with Crippen molar-refractivity contribution in [3.05, 3.63) is 23.9 Å². The van der Waals surface area contributed by atoms with Crippen molar-refractivity contribution in [1.82, 2.24) is 0 Å². The minimum Gasteiger partial charge on any atom is -0.414 e. The summed E-state index contributed by atoms with van der Waals surface area (Å²) in [6.45, 7) is 5.45. The lowest BCUT2D eigenvalue weighted by Gasteiger charge is -2.08. The molecular formula is C9H13O3P.